The number of pyridine rings is 1. The van der Waals surface area contributed by atoms with Crippen molar-refractivity contribution in [3.8, 4) is 11.3 Å². The molecule has 2 aromatic heterocycles. The fraction of sp³-hybridized carbons (Fsp3) is 0.167. The number of aromatic nitrogens is 3. The van der Waals surface area contributed by atoms with Crippen LogP contribution in [-0.4, -0.2) is 21.3 Å². The maximum Gasteiger partial charge on any atom is 0.0968 e. The van der Waals surface area contributed by atoms with Crippen molar-refractivity contribution in [1.29, 1.82) is 0 Å². The summed E-state index contributed by atoms with van der Waals surface area (Å²) >= 11 is 0. The van der Waals surface area contributed by atoms with Gasteiger partial charge in [0.15, 0.2) is 0 Å². The van der Waals surface area contributed by atoms with Gasteiger partial charge in [0.05, 0.1) is 12.2 Å². The SMILES string of the molecule is c1ccc(Cn2cc(CNCCc3ccccn3)c(-c3ccccc3)n2)cc1. The summed E-state index contributed by atoms with van der Waals surface area (Å²) in [6.45, 7) is 2.44. The summed E-state index contributed by atoms with van der Waals surface area (Å²) < 4.78 is 2.04. The van der Waals surface area contributed by atoms with Crippen molar-refractivity contribution < 1.29 is 0 Å². The van der Waals surface area contributed by atoms with Gasteiger partial charge >= 0.3 is 0 Å². The minimum atomic E-state index is 0.772. The van der Waals surface area contributed by atoms with Crippen molar-refractivity contribution in [3.05, 3.63) is 108 Å². The van der Waals surface area contributed by atoms with Crippen LogP contribution in [0.2, 0.25) is 0 Å². The predicted molar refractivity (Wildman–Crippen MR) is 113 cm³/mol. The molecule has 28 heavy (non-hydrogen) atoms. The van der Waals surface area contributed by atoms with Crippen LogP contribution < -0.4 is 5.32 Å². The molecule has 0 aliphatic carbocycles. The molecule has 140 valence electrons. The molecule has 0 spiro atoms. The van der Waals surface area contributed by atoms with Crippen LogP contribution in [0.1, 0.15) is 16.8 Å². The first-order valence-electron chi connectivity index (χ1n) is 9.65. The molecule has 0 saturated heterocycles. The lowest BCUT2D eigenvalue weighted by Gasteiger charge is -2.05. The Morgan fingerprint density at radius 3 is 2.32 bits per heavy atom. The summed E-state index contributed by atoms with van der Waals surface area (Å²) in [5.41, 5.74) is 5.76. The van der Waals surface area contributed by atoms with Crippen LogP contribution >= 0.6 is 0 Å². The molecular weight excluding hydrogens is 344 g/mol. The number of benzene rings is 2. The quantitative estimate of drug-likeness (QED) is 0.471. The van der Waals surface area contributed by atoms with Crippen molar-refractivity contribution in [2.45, 2.75) is 19.5 Å². The molecule has 1 N–H and O–H groups in total. The van der Waals surface area contributed by atoms with Gasteiger partial charge in [-0.3, -0.25) is 9.67 Å². The first kappa shape index (κ1) is 18.1. The number of nitrogens with zero attached hydrogens (tertiary/aromatic N) is 3. The molecule has 0 aliphatic heterocycles. The molecule has 0 atom stereocenters. The highest BCUT2D eigenvalue weighted by atomic mass is 15.3. The fourth-order valence-corrected chi connectivity index (χ4v) is 3.27. The highest BCUT2D eigenvalue weighted by Gasteiger charge is 2.11. The van der Waals surface area contributed by atoms with E-state index in [0.29, 0.717) is 0 Å². The van der Waals surface area contributed by atoms with Crippen molar-refractivity contribution in [1.82, 2.24) is 20.1 Å². The second kappa shape index (κ2) is 9.11. The van der Waals surface area contributed by atoms with Gasteiger partial charge in [-0.1, -0.05) is 66.7 Å². The number of rotatable bonds is 8. The van der Waals surface area contributed by atoms with E-state index in [2.05, 4.69) is 71.1 Å². The average molecular weight is 368 g/mol. The number of nitrogens with one attached hydrogen (secondary N) is 1. The van der Waals surface area contributed by atoms with Gasteiger partial charge in [0.2, 0.25) is 0 Å². The van der Waals surface area contributed by atoms with Crippen LogP contribution in [0.25, 0.3) is 11.3 Å². The molecule has 0 aliphatic rings. The summed E-state index contributed by atoms with van der Waals surface area (Å²) in [7, 11) is 0. The third kappa shape index (κ3) is 4.72. The van der Waals surface area contributed by atoms with E-state index in [1.54, 1.807) is 0 Å². The third-order valence-electron chi connectivity index (χ3n) is 4.67. The van der Waals surface area contributed by atoms with Crippen LogP contribution in [0.5, 0.6) is 0 Å². The molecule has 0 saturated carbocycles. The molecule has 0 bridgehead atoms. The van der Waals surface area contributed by atoms with Crippen LogP contribution in [0.3, 0.4) is 0 Å². The lowest BCUT2D eigenvalue weighted by atomic mass is 10.1. The van der Waals surface area contributed by atoms with Crippen LogP contribution in [0.4, 0.5) is 0 Å². The van der Waals surface area contributed by atoms with Gasteiger partial charge in [-0.15, -0.1) is 0 Å². The number of hydrogen-bond donors (Lipinski definition) is 1. The average Bonchev–Trinajstić information content (AvgIpc) is 3.16. The molecule has 4 rings (SSSR count). The molecule has 4 nitrogen and oxygen atoms in total. The molecule has 4 aromatic rings. The van der Waals surface area contributed by atoms with Crippen LogP contribution in [-0.2, 0) is 19.5 Å². The van der Waals surface area contributed by atoms with Crippen molar-refractivity contribution in [2.75, 3.05) is 6.54 Å². The predicted octanol–water partition coefficient (Wildman–Crippen LogP) is 4.33. The second-order valence-electron chi connectivity index (χ2n) is 6.80. The first-order valence-corrected chi connectivity index (χ1v) is 9.65. The molecule has 0 fully saturated rings. The Bertz CT molecular complexity index is 979. The fourth-order valence-electron chi connectivity index (χ4n) is 3.27. The molecular formula is C24H24N4. The number of hydrogen-bond acceptors (Lipinski definition) is 3. The van der Waals surface area contributed by atoms with E-state index in [1.807, 2.05) is 35.1 Å². The molecule has 0 unspecified atom stereocenters. The van der Waals surface area contributed by atoms with Crippen molar-refractivity contribution >= 4 is 0 Å². The van der Waals surface area contributed by atoms with Crippen LogP contribution in [0.15, 0.2) is 91.3 Å². The van der Waals surface area contributed by atoms with Crippen molar-refractivity contribution in [3.63, 3.8) is 0 Å². The van der Waals surface area contributed by atoms with E-state index in [0.717, 1.165) is 43.0 Å². The minimum Gasteiger partial charge on any atom is -0.312 e. The van der Waals surface area contributed by atoms with Gasteiger partial charge in [-0.2, -0.15) is 5.10 Å². The normalized spacial score (nSPS) is 10.9. The monoisotopic (exact) mass is 368 g/mol. The smallest absolute Gasteiger partial charge is 0.0968 e. The van der Waals surface area contributed by atoms with Gasteiger partial charge in [0.1, 0.15) is 0 Å². The zero-order valence-corrected chi connectivity index (χ0v) is 15.8. The van der Waals surface area contributed by atoms with Gasteiger partial charge < -0.3 is 5.32 Å². The summed E-state index contributed by atoms with van der Waals surface area (Å²) in [6, 6.07) is 26.9. The zero-order valence-electron chi connectivity index (χ0n) is 15.8. The summed E-state index contributed by atoms with van der Waals surface area (Å²) in [4.78, 5) is 4.38. The summed E-state index contributed by atoms with van der Waals surface area (Å²) in [5, 5.41) is 8.42. The highest BCUT2D eigenvalue weighted by Crippen LogP contribution is 2.22. The van der Waals surface area contributed by atoms with E-state index in [9.17, 15) is 0 Å². The maximum atomic E-state index is 4.88. The molecule has 0 amide bonds. The topological polar surface area (TPSA) is 42.7 Å². The van der Waals surface area contributed by atoms with Gasteiger partial charge in [0.25, 0.3) is 0 Å². The molecule has 0 radical (unpaired) electrons. The van der Waals surface area contributed by atoms with Crippen LogP contribution in [0, 0.1) is 0 Å². The minimum absolute atomic E-state index is 0.772. The van der Waals surface area contributed by atoms with E-state index in [1.165, 1.54) is 11.1 Å². The Morgan fingerprint density at radius 1 is 0.821 bits per heavy atom. The standard InChI is InChI=1S/C24H24N4/c1-3-9-20(10-4-1)18-28-19-22(24(27-28)21-11-5-2-6-12-21)17-25-16-14-23-13-7-8-15-26-23/h1-13,15,19,25H,14,16-18H2. The van der Waals surface area contributed by atoms with Gasteiger partial charge in [0, 0.05) is 48.7 Å². The summed E-state index contributed by atoms with van der Waals surface area (Å²) in [6.07, 6.45) is 4.92. The Labute approximate surface area is 165 Å². The Hall–Kier alpha value is -3.24. The zero-order chi connectivity index (χ0) is 19.0. The highest BCUT2D eigenvalue weighted by molar-refractivity contribution is 5.62. The van der Waals surface area contributed by atoms with Gasteiger partial charge in [-0.25, -0.2) is 0 Å². The lowest BCUT2D eigenvalue weighted by Crippen LogP contribution is -2.17. The molecule has 2 heterocycles. The van der Waals surface area contributed by atoms with E-state index < -0.39 is 0 Å². The van der Waals surface area contributed by atoms with E-state index in [-0.39, 0.29) is 0 Å². The van der Waals surface area contributed by atoms with Crippen molar-refractivity contribution in [2.24, 2.45) is 0 Å². The Balaban J connectivity index is 1.47. The lowest BCUT2D eigenvalue weighted by molar-refractivity contribution is 0.671. The molecule has 4 heteroatoms. The Morgan fingerprint density at radius 2 is 1.57 bits per heavy atom. The van der Waals surface area contributed by atoms with E-state index in [4.69, 9.17) is 5.10 Å². The second-order valence-corrected chi connectivity index (χ2v) is 6.80. The van der Waals surface area contributed by atoms with Gasteiger partial charge in [-0.05, 0) is 17.7 Å². The Kier molecular flexibility index (Phi) is 5.90. The van der Waals surface area contributed by atoms with E-state index >= 15 is 0 Å². The maximum absolute atomic E-state index is 4.88. The first-order chi connectivity index (χ1) is 13.9. The largest absolute Gasteiger partial charge is 0.312 e. The molecule has 2 aromatic carbocycles. The third-order valence-corrected chi connectivity index (χ3v) is 4.67. The summed E-state index contributed by atoms with van der Waals surface area (Å²) in [5.74, 6) is 0.